The van der Waals surface area contributed by atoms with Crippen LogP contribution in [0.3, 0.4) is 0 Å². The molecule has 2 rings (SSSR count). The minimum absolute atomic E-state index is 0.00547. The lowest BCUT2D eigenvalue weighted by Gasteiger charge is -2.35. The van der Waals surface area contributed by atoms with Crippen molar-refractivity contribution in [3.8, 4) is 0 Å². The van der Waals surface area contributed by atoms with Gasteiger partial charge in [0.25, 0.3) is 0 Å². The van der Waals surface area contributed by atoms with Gasteiger partial charge in [0.15, 0.2) is 0 Å². The predicted molar refractivity (Wildman–Crippen MR) is 184 cm³/mol. The number of rotatable bonds is 10. The van der Waals surface area contributed by atoms with Gasteiger partial charge in [0.05, 0.1) is 12.2 Å². The standard InChI is InChI=1S/C40H56O2/c1-29(17-13-19-31(3)21-23-37-33(5)25-35(41)27-39(37,7)8)15-11-12-16-30(2)18-14-20-32(4)22-24-38-34(6)26-36(42)28-40(38,9)10/h11-24,35-36,41-42H,25-28H2,1-10H3/b12-11+,17-13-,18-14+,23-21+,24-22+,29-15-,30-16-,31-19-,32-20-. The summed E-state index contributed by atoms with van der Waals surface area (Å²) in [6.45, 7) is 21.6. The van der Waals surface area contributed by atoms with E-state index < -0.39 is 0 Å². The molecule has 0 saturated heterocycles. The quantitative estimate of drug-likeness (QED) is 0.257. The summed E-state index contributed by atoms with van der Waals surface area (Å²) in [6, 6.07) is 0. The lowest BCUT2D eigenvalue weighted by Crippen LogP contribution is -2.28. The highest BCUT2D eigenvalue weighted by Gasteiger charge is 2.32. The van der Waals surface area contributed by atoms with Crippen LogP contribution in [0.25, 0.3) is 0 Å². The number of hydrogen-bond acceptors (Lipinski definition) is 2. The van der Waals surface area contributed by atoms with Gasteiger partial charge in [0, 0.05) is 0 Å². The van der Waals surface area contributed by atoms with Crippen molar-refractivity contribution in [2.24, 2.45) is 10.8 Å². The van der Waals surface area contributed by atoms with Gasteiger partial charge in [0.1, 0.15) is 0 Å². The number of hydrogen-bond donors (Lipinski definition) is 2. The first-order valence-electron chi connectivity index (χ1n) is 15.5. The fraction of sp³-hybridized carbons (Fsp3) is 0.450. The minimum Gasteiger partial charge on any atom is -0.393 e. The normalized spacial score (nSPS) is 25.0. The van der Waals surface area contributed by atoms with E-state index in [-0.39, 0.29) is 23.0 Å². The molecule has 0 spiro atoms. The topological polar surface area (TPSA) is 40.5 Å². The van der Waals surface area contributed by atoms with E-state index in [0.29, 0.717) is 0 Å². The molecule has 2 N–H and O–H groups in total. The van der Waals surface area contributed by atoms with Gasteiger partial charge in [-0.3, -0.25) is 0 Å². The number of aliphatic hydroxyl groups excluding tert-OH is 2. The maximum absolute atomic E-state index is 10.1. The molecule has 0 heterocycles. The third-order valence-corrected chi connectivity index (χ3v) is 8.24. The van der Waals surface area contributed by atoms with Crippen molar-refractivity contribution in [1.29, 1.82) is 0 Å². The molecule has 2 aliphatic carbocycles. The van der Waals surface area contributed by atoms with Crippen LogP contribution in [-0.4, -0.2) is 22.4 Å². The Morgan fingerprint density at radius 3 is 1.19 bits per heavy atom. The predicted octanol–water partition coefficient (Wildman–Crippen LogP) is 10.5. The molecule has 0 aromatic carbocycles. The van der Waals surface area contributed by atoms with E-state index >= 15 is 0 Å². The van der Waals surface area contributed by atoms with Crippen LogP contribution in [-0.2, 0) is 0 Å². The van der Waals surface area contributed by atoms with Gasteiger partial charge in [0.2, 0.25) is 0 Å². The Bertz CT molecular complexity index is 1190. The molecule has 2 atom stereocenters. The Morgan fingerprint density at radius 2 is 0.857 bits per heavy atom. The number of allylic oxidation sites excluding steroid dienone is 20. The van der Waals surface area contributed by atoms with Crippen LogP contribution in [0.2, 0.25) is 0 Å². The van der Waals surface area contributed by atoms with Crippen molar-refractivity contribution in [3.05, 3.63) is 130 Å². The van der Waals surface area contributed by atoms with Gasteiger partial charge in [-0.05, 0) is 89.2 Å². The van der Waals surface area contributed by atoms with Crippen molar-refractivity contribution in [2.75, 3.05) is 0 Å². The van der Waals surface area contributed by atoms with Gasteiger partial charge in [-0.2, -0.15) is 0 Å². The fourth-order valence-electron chi connectivity index (χ4n) is 6.13. The van der Waals surface area contributed by atoms with Crippen molar-refractivity contribution < 1.29 is 10.2 Å². The monoisotopic (exact) mass is 568 g/mol. The fourth-order valence-corrected chi connectivity index (χ4v) is 6.13. The van der Waals surface area contributed by atoms with E-state index in [1.165, 1.54) is 44.6 Å². The molecule has 0 aromatic heterocycles. The Hall–Kier alpha value is -2.94. The first-order valence-corrected chi connectivity index (χ1v) is 15.5. The van der Waals surface area contributed by atoms with Crippen LogP contribution in [0.1, 0.15) is 94.9 Å². The molecule has 2 aliphatic rings. The average molecular weight is 569 g/mol. The highest BCUT2D eigenvalue weighted by atomic mass is 16.3. The van der Waals surface area contributed by atoms with Crippen molar-refractivity contribution >= 4 is 0 Å². The summed E-state index contributed by atoms with van der Waals surface area (Å²) >= 11 is 0. The van der Waals surface area contributed by atoms with Gasteiger partial charge >= 0.3 is 0 Å². The Balaban J connectivity index is 1.90. The molecule has 2 unspecified atom stereocenters. The minimum atomic E-state index is -0.227. The third-order valence-electron chi connectivity index (χ3n) is 8.24. The largest absolute Gasteiger partial charge is 0.393 e. The Morgan fingerprint density at radius 1 is 0.548 bits per heavy atom. The van der Waals surface area contributed by atoms with Gasteiger partial charge in [-0.15, -0.1) is 0 Å². The van der Waals surface area contributed by atoms with Gasteiger partial charge in [-0.1, -0.05) is 146 Å². The summed E-state index contributed by atoms with van der Waals surface area (Å²) in [7, 11) is 0. The van der Waals surface area contributed by atoms with Crippen LogP contribution in [0, 0.1) is 10.8 Å². The Labute approximate surface area is 257 Å². The molecule has 0 bridgehead atoms. The summed E-state index contributed by atoms with van der Waals surface area (Å²) in [5, 5.41) is 20.2. The molecule has 228 valence electrons. The molecule has 0 aromatic rings. The van der Waals surface area contributed by atoms with Crippen LogP contribution < -0.4 is 0 Å². The number of aliphatic hydroxyl groups is 2. The first kappa shape index (κ1) is 35.3. The second-order valence-corrected chi connectivity index (χ2v) is 13.7. The molecular formula is C40H56O2. The zero-order valence-electron chi connectivity index (χ0n) is 28.0. The smallest absolute Gasteiger partial charge is 0.0585 e. The molecule has 0 radical (unpaired) electrons. The van der Waals surface area contributed by atoms with E-state index in [4.69, 9.17) is 0 Å². The molecule has 0 fully saturated rings. The second kappa shape index (κ2) is 16.1. The molecule has 42 heavy (non-hydrogen) atoms. The summed E-state index contributed by atoms with van der Waals surface area (Å²) < 4.78 is 0. The van der Waals surface area contributed by atoms with Gasteiger partial charge in [-0.25, -0.2) is 0 Å². The van der Waals surface area contributed by atoms with Crippen LogP contribution in [0.5, 0.6) is 0 Å². The summed E-state index contributed by atoms with van der Waals surface area (Å²) in [6.07, 6.45) is 32.6. The van der Waals surface area contributed by atoms with Crippen molar-refractivity contribution in [1.82, 2.24) is 0 Å². The van der Waals surface area contributed by atoms with E-state index in [2.05, 4.69) is 154 Å². The third kappa shape index (κ3) is 11.7. The molecule has 2 heteroatoms. The van der Waals surface area contributed by atoms with Crippen molar-refractivity contribution in [2.45, 2.75) is 107 Å². The molecule has 0 saturated carbocycles. The average Bonchev–Trinajstić information content (AvgIpc) is 2.84. The summed E-state index contributed by atoms with van der Waals surface area (Å²) in [5.74, 6) is 0. The molecular weight excluding hydrogens is 512 g/mol. The molecule has 0 amide bonds. The zero-order valence-corrected chi connectivity index (χ0v) is 28.0. The van der Waals surface area contributed by atoms with E-state index in [1.807, 2.05) is 0 Å². The van der Waals surface area contributed by atoms with E-state index in [1.54, 1.807) is 0 Å². The SMILES string of the molecule is CC1=C(/C=C/C(C)=C\C=C/C(C)=C\C=C\C=C(C)/C=C/C=C(C)\C=C\C2=C(C)CC(O)CC2(C)C)C(C)(C)CC(O)C1. The highest BCUT2D eigenvalue weighted by molar-refractivity contribution is 5.39. The summed E-state index contributed by atoms with van der Waals surface area (Å²) in [4.78, 5) is 0. The first-order chi connectivity index (χ1) is 19.6. The Kier molecular flexibility index (Phi) is 13.5. The van der Waals surface area contributed by atoms with Crippen molar-refractivity contribution in [3.63, 3.8) is 0 Å². The second-order valence-electron chi connectivity index (χ2n) is 13.7. The molecule has 0 aliphatic heterocycles. The maximum Gasteiger partial charge on any atom is 0.0585 e. The van der Waals surface area contributed by atoms with Gasteiger partial charge < -0.3 is 10.2 Å². The summed E-state index contributed by atoms with van der Waals surface area (Å²) in [5.41, 5.74) is 10.1. The molecule has 2 nitrogen and oxygen atoms in total. The van der Waals surface area contributed by atoms with Crippen LogP contribution in [0.4, 0.5) is 0 Å². The van der Waals surface area contributed by atoms with E-state index in [0.717, 1.165) is 25.7 Å². The maximum atomic E-state index is 10.1. The lowest BCUT2D eigenvalue weighted by atomic mass is 9.71. The highest BCUT2D eigenvalue weighted by Crippen LogP contribution is 2.42. The lowest BCUT2D eigenvalue weighted by molar-refractivity contribution is 0.116. The van der Waals surface area contributed by atoms with Crippen LogP contribution in [0.15, 0.2) is 130 Å². The van der Waals surface area contributed by atoms with E-state index in [9.17, 15) is 10.2 Å². The van der Waals surface area contributed by atoms with Crippen LogP contribution >= 0.6 is 0 Å². The zero-order chi connectivity index (χ0) is 31.5.